The molecule has 31 heavy (non-hydrogen) atoms. The molecule has 0 bridgehead atoms. The number of para-hydroxylation sites is 1. The van der Waals surface area contributed by atoms with Crippen LogP contribution in [0.4, 0.5) is 10.1 Å². The second-order valence-electron chi connectivity index (χ2n) is 6.81. The number of carbonyl (C=O) groups is 1. The number of aryl methyl sites for hydroxylation is 1. The van der Waals surface area contributed by atoms with Crippen molar-refractivity contribution in [2.75, 3.05) is 11.1 Å². The maximum atomic E-state index is 13.3. The first kappa shape index (κ1) is 21.1. The second-order valence-corrected chi connectivity index (χ2v) is 8.16. The second kappa shape index (κ2) is 9.32. The molecule has 0 spiro atoms. The summed E-state index contributed by atoms with van der Waals surface area (Å²) >= 11 is 7.04. The normalized spacial score (nSPS) is 10.8. The average molecular weight is 453 g/mol. The lowest BCUT2D eigenvalue weighted by Crippen LogP contribution is -2.14. The first-order valence-corrected chi connectivity index (χ1v) is 10.8. The summed E-state index contributed by atoms with van der Waals surface area (Å²) in [5.74, 6) is 0.0116. The highest BCUT2D eigenvalue weighted by molar-refractivity contribution is 7.99. The van der Waals surface area contributed by atoms with E-state index in [2.05, 4.69) is 15.5 Å². The van der Waals surface area contributed by atoms with Crippen molar-refractivity contribution in [1.29, 1.82) is 0 Å². The molecule has 0 aliphatic rings. The summed E-state index contributed by atoms with van der Waals surface area (Å²) < 4.78 is 15.2. The minimum Gasteiger partial charge on any atom is -0.325 e. The van der Waals surface area contributed by atoms with E-state index in [1.807, 2.05) is 66.1 Å². The molecule has 1 amide bonds. The van der Waals surface area contributed by atoms with Gasteiger partial charge in [0, 0.05) is 16.9 Å². The van der Waals surface area contributed by atoms with Gasteiger partial charge in [-0.15, -0.1) is 10.2 Å². The lowest BCUT2D eigenvalue weighted by molar-refractivity contribution is -0.113. The van der Waals surface area contributed by atoms with E-state index in [-0.39, 0.29) is 16.7 Å². The van der Waals surface area contributed by atoms with Crippen LogP contribution in [0.2, 0.25) is 5.02 Å². The Bertz CT molecular complexity index is 1230. The van der Waals surface area contributed by atoms with Crippen molar-refractivity contribution in [2.45, 2.75) is 12.1 Å². The van der Waals surface area contributed by atoms with Gasteiger partial charge in [0.25, 0.3) is 0 Å². The van der Waals surface area contributed by atoms with Crippen molar-refractivity contribution in [3.63, 3.8) is 0 Å². The Morgan fingerprint density at radius 1 is 1.06 bits per heavy atom. The largest absolute Gasteiger partial charge is 0.325 e. The van der Waals surface area contributed by atoms with Crippen LogP contribution in [0.15, 0.2) is 78.0 Å². The van der Waals surface area contributed by atoms with E-state index in [1.54, 1.807) is 0 Å². The van der Waals surface area contributed by atoms with Gasteiger partial charge in [0.1, 0.15) is 5.82 Å². The van der Waals surface area contributed by atoms with Crippen LogP contribution in [0.1, 0.15) is 5.56 Å². The molecular formula is C23H18ClFN4OS. The van der Waals surface area contributed by atoms with E-state index in [4.69, 9.17) is 11.6 Å². The van der Waals surface area contributed by atoms with E-state index < -0.39 is 5.82 Å². The van der Waals surface area contributed by atoms with Gasteiger partial charge < -0.3 is 5.32 Å². The van der Waals surface area contributed by atoms with Crippen LogP contribution in [-0.2, 0) is 4.79 Å². The van der Waals surface area contributed by atoms with Gasteiger partial charge in [-0.3, -0.25) is 9.36 Å². The summed E-state index contributed by atoms with van der Waals surface area (Å²) in [6.07, 6.45) is 0. The quantitative estimate of drug-likeness (QED) is 0.377. The van der Waals surface area contributed by atoms with Gasteiger partial charge in [-0.1, -0.05) is 65.3 Å². The Kier molecular flexibility index (Phi) is 6.34. The Balaban J connectivity index is 1.58. The highest BCUT2D eigenvalue weighted by Gasteiger charge is 2.17. The van der Waals surface area contributed by atoms with Crippen molar-refractivity contribution in [3.05, 3.63) is 89.2 Å². The molecule has 0 aliphatic carbocycles. The number of benzene rings is 3. The van der Waals surface area contributed by atoms with Gasteiger partial charge in [0.05, 0.1) is 10.8 Å². The van der Waals surface area contributed by atoms with E-state index in [0.29, 0.717) is 16.7 Å². The number of hydrogen-bond acceptors (Lipinski definition) is 4. The fraction of sp³-hybridized carbons (Fsp3) is 0.0870. The predicted octanol–water partition coefficient (Wildman–Crippen LogP) is 5.77. The Morgan fingerprint density at radius 3 is 2.61 bits per heavy atom. The summed E-state index contributed by atoms with van der Waals surface area (Å²) in [5, 5.41) is 12.0. The van der Waals surface area contributed by atoms with Crippen LogP contribution in [0, 0.1) is 12.7 Å². The van der Waals surface area contributed by atoms with Crippen molar-refractivity contribution >= 4 is 35.0 Å². The third-order valence-corrected chi connectivity index (χ3v) is 5.68. The van der Waals surface area contributed by atoms with Crippen LogP contribution in [0.3, 0.4) is 0 Å². The third kappa shape index (κ3) is 4.95. The fourth-order valence-electron chi connectivity index (χ4n) is 3.05. The van der Waals surface area contributed by atoms with E-state index in [9.17, 15) is 9.18 Å². The van der Waals surface area contributed by atoms with E-state index in [0.717, 1.165) is 16.8 Å². The molecule has 0 saturated carbocycles. The van der Waals surface area contributed by atoms with Gasteiger partial charge >= 0.3 is 0 Å². The number of anilines is 1. The number of rotatable bonds is 6. The Hall–Kier alpha value is -3.16. The first-order chi connectivity index (χ1) is 15.0. The molecule has 1 N–H and O–H groups in total. The number of nitrogens with zero attached hydrogens (tertiary/aromatic N) is 3. The zero-order valence-electron chi connectivity index (χ0n) is 16.5. The number of thioether (sulfide) groups is 1. The minimum absolute atomic E-state index is 0.0444. The van der Waals surface area contributed by atoms with Crippen LogP contribution < -0.4 is 5.32 Å². The number of halogens is 2. The van der Waals surface area contributed by atoms with E-state index in [1.165, 1.54) is 30.0 Å². The van der Waals surface area contributed by atoms with Gasteiger partial charge in [-0.25, -0.2) is 4.39 Å². The van der Waals surface area contributed by atoms with Gasteiger partial charge in [-0.2, -0.15) is 0 Å². The van der Waals surface area contributed by atoms with Crippen molar-refractivity contribution in [3.8, 4) is 17.1 Å². The molecule has 0 atom stereocenters. The van der Waals surface area contributed by atoms with Crippen molar-refractivity contribution in [2.24, 2.45) is 0 Å². The molecule has 0 radical (unpaired) electrons. The number of hydrogen-bond donors (Lipinski definition) is 1. The standard InChI is InChI=1S/C23H18ClFN4OS/c1-15-6-5-7-16(12-15)22-27-28-23(29(22)18-8-3-2-4-9-18)31-14-21(30)26-17-10-11-20(25)19(24)13-17/h2-13H,14H2,1H3,(H,26,30). The molecule has 4 aromatic rings. The number of carbonyl (C=O) groups excluding carboxylic acids is 1. The van der Waals surface area contributed by atoms with Crippen LogP contribution in [-0.4, -0.2) is 26.4 Å². The molecule has 0 aliphatic heterocycles. The summed E-state index contributed by atoms with van der Waals surface area (Å²) in [5.41, 5.74) is 3.39. The highest BCUT2D eigenvalue weighted by atomic mass is 35.5. The molecule has 0 fully saturated rings. The van der Waals surface area contributed by atoms with Gasteiger partial charge in [0.2, 0.25) is 5.91 Å². The van der Waals surface area contributed by atoms with Gasteiger partial charge in [-0.05, 0) is 43.3 Å². The summed E-state index contributed by atoms with van der Waals surface area (Å²) in [4.78, 5) is 12.4. The molecule has 0 saturated heterocycles. The smallest absolute Gasteiger partial charge is 0.234 e. The number of nitrogens with one attached hydrogen (secondary N) is 1. The molecule has 4 rings (SSSR count). The van der Waals surface area contributed by atoms with Gasteiger partial charge in [0.15, 0.2) is 11.0 Å². The van der Waals surface area contributed by atoms with Crippen molar-refractivity contribution < 1.29 is 9.18 Å². The Labute approximate surface area is 188 Å². The lowest BCUT2D eigenvalue weighted by Gasteiger charge is -2.11. The highest BCUT2D eigenvalue weighted by Crippen LogP contribution is 2.28. The van der Waals surface area contributed by atoms with Crippen LogP contribution in [0.5, 0.6) is 0 Å². The summed E-state index contributed by atoms with van der Waals surface area (Å²) in [6, 6.07) is 21.8. The molecule has 1 aromatic heterocycles. The topological polar surface area (TPSA) is 59.8 Å². The maximum Gasteiger partial charge on any atom is 0.234 e. The number of amides is 1. The van der Waals surface area contributed by atoms with Crippen LogP contribution >= 0.6 is 23.4 Å². The molecule has 8 heteroatoms. The average Bonchev–Trinajstić information content (AvgIpc) is 3.19. The summed E-state index contributed by atoms with van der Waals surface area (Å²) in [6.45, 7) is 2.02. The number of aromatic nitrogens is 3. The zero-order valence-corrected chi connectivity index (χ0v) is 18.1. The molecule has 0 unspecified atom stereocenters. The SMILES string of the molecule is Cc1cccc(-c2nnc(SCC(=O)Nc3ccc(F)c(Cl)c3)n2-c2ccccc2)c1. The molecule has 1 heterocycles. The molecule has 5 nitrogen and oxygen atoms in total. The van der Waals surface area contributed by atoms with E-state index >= 15 is 0 Å². The predicted molar refractivity (Wildman–Crippen MR) is 122 cm³/mol. The third-order valence-electron chi connectivity index (χ3n) is 4.46. The summed E-state index contributed by atoms with van der Waals surface area (Å²) in [7, 11) is 0. The zero-order chi connectivity index (χ0) is 21.8. The fourth-order valence-corrected chi connectivity index (χ4v) is 3.98. The molecular weight excluding hydrogens is 435 g/mol. The van der Waals surface area contributed by atoms with Crippen molar-refractivity contribution in [1.82, 2.24) is 14.8 Å². The minimum atomic E-state index is -0.534. The Morgan fingerprint density at radius 2 is 1.87 bits per heavy atom. The molecule has 156 valence electrons. The lowest BCUT2D eigenvalue weighted by atomic mass is 10.1. The van der Waals surface area contributed by atoms with Crippen LogP contribution in [0.25, 0.3) is 17.1 Å². The maximum absolute atomic E-state index is 13.3. The monoisotopic (exact) mass is 452 g/mol. The first-order valence-electron chi connectivity index (χ1n) is 9.47. The molecule has 3 aromatic carbocycles.